The average Bonchev–Trinajstić information content (AvgIpc) is 2.74. The van der Waals surface area contributed by atoms with Gasteiger partial charge < -0.3 is 14.2 Å². The highest BCUT2D eigenvalue weighted by Gasteiger charge is 2.45. The first-order valence-corrected chi connectivity index (χ1v) is 11.8. The minimum Gasteiger partial charge on any atom is -0.493 e. The van der Waals surface area contributed by atoms with Gasteiger partial charge in [-0.1, -0.05) is 15.9 Å². The third-order valence-corrected chi connectivity index (χ3v) is 8.07. The highest BCUT2D eigenvalue weighted by molar-refractivity contribution is 9.10. The van der Waals surface area contributed by atoms with Gasteiger partial charge in [0.1, 0.15) is 11.4 Å². The molecule has 0 N–H and O–H groups in total. The number of fused-ring (bicyclic) bond motifs is 1. The Hall–Kier alpha value is -2.10. The smallest absolute Gasteiger partial charge is 0.243 e. The molecule has 2 aliphatic heterocycles. The van der Waals surface area contributed by atoms with Crippen LogP contribution in [0.15, 0.2) is 45.8 Å². The highest BCUT2D eigenvalue weighted by atomic mass is 79.9. The summed E-state index contributed by atoms with van der Waals surface area (Å²) in [7, 11) is -0.740. The van der Waals surface area contributed by atoms with Crippen LogP contribution in [0.2, 0.25) is 0 Å². The van der Waals surface area contributed by atoms with E-state index in [1.54, 1.807) is 18.2 Å². The molecule has 1 spiro atoms. The van der Waals surface area contributed by atoms with Crippen LogP contribution in [-0.4, -0.2) is 51.4 Å². The molecule has 0 bridgehead atoms. The predicted octanol–water partition coefficient (Wildman–Crippen LogP) is 3.66. The van der Waals surface area contributed by atoms with Crippen molar-refractivity contribution in [2.75, 3.05) is 27.3 Å². The van der Waals surface area contributed by atoms with E-state index in [1.807, 2.05) is 6.07 Å². The lowest BCUT2D eigenvalue weighted by Crippen LogP contribution is -2.52. The zero-order chi connectivity index (χ0) is 21.5. The van der Waals surface area contributed by atoms with Crippen LogP contribution in [0.25, 0.3) is 0 Å². The number of methoxy groups -OCH3 is 2. The number of nitrogens with zero attached hydrogens (tertiary/aromatic N) is 1. The number of hydrogen-bond acceptors (Lipinski definition) is 6. The normalized spacial score (nSPS) is 18.6. The molecule has 2 heterocycles. The van der Waals surface area contributed by atoms with Crippen molar-refractivity contribution in [3.8, 4) is 17.2 Å². The summed E-state index contributed by atoms with van der Waals surface area (Å²) in [6.07, 6.45) is 1.14. The molecule has 0 amide bonds. The number of piperidine rings is 1. The number of sulfonamides is 1. The van der Waals surface area contributed by atoms with Crippen LogP contribution in [-0.2, 0) is 10.0 Å². The number of ketones is 1. The summed E-state index contributed by atoms with van der Waals surface area (Å²) < 4.78 is 45.2. The molecule has 0 aliphatic carbocycles. The lowest BCUT2D eigenvalue weighted by atomic mass is 9.83. The molecule has 0 radical (unpaired) electrons. The molecular weight excluding hydrogens is 474 g/mol. The van der Waals surface area contributed by atoms with Gasteiger partial charge in [-0.05, 0) is 30.3 Å². The fraction of sp³-hybridized carbons (Fsp3) is 0.381. The van der Waals surface area contributed by atoms with Crippen LogP contribution < -0.4 is 14.2 Å². The quantitative estimate of drug-likeness (QED) is 0.643. The van der Waals surface area contributed by atoms with E-state index >= 15 is 0 Å². The number of ether oxygens (including phenoxy) is 3. The van der Waals surface area contributed by atoms with Gasteiger partial charge in [0, 0.05) is 36.5 Å². The molecule has 1 saturated heterocycles. The van der Waals surface area contributed by atoms with E-state index in [9.17, 15) is 13.2 Å². The maximum atomic E-state index is 13.1. The lowest BCUT2D eigenvalue weighted by molar-refractivity contribution is 0.00589. The number of carbonyl (C=O) groups excluding carboxylic acids is 1. The molecular formula is C21H22BrNO6S. The summed E-state index contributed by atoms with van der Waals surface area (Å²) in [4.78, 5) is 12.8. The van der Waals surface area contributed by atoms with Gasteiger partial charge in [0.25, 0.3) is 0 Å². The molecule has 0 unspecified atom stereocenters. The van der Waals surface area contributed by atoms with Crippen molar-refractivity contribution in [3.05, 3.63) is 46.4 Å². The zero-order valence-electron chi connectivity index (χ0n) is 16.7. The van der Waals surface area contributed by atoms with Crippen molar-refractivity contribution < 1.29 is 27.4 Å². The predicted molar refractivity (Wildman–Crippen MR) is 114 cm³/mol. The average molecular weight is 496 g/mol. The van der Waals surface area contributed by atoms with Gasteiger partial charge in [0.15, 0.2) is 17.3 Å². The minimum atomic E-state index is -3.70. The molecule has 2 aromatic rings. The van der Waals surface area contributed by atoms with Gasteiger partial charge in [0.2, 0.25) is 10.0 Å². The van der Waals surface area contributed by atoms with E-state index in [0.717, 1.165) is 4.47 Å². The summed E-state index contributed by atoms with van der Waals surface area (Å²) in [5.41, 5.74) is -0.1000. The summed E-state index contributed by atoms with van der Waals surface area (Å²) in [5.74, 6) is 1.41. The fourth-order valence-electron chi connectivity index (χ4n) is 4.01. The first-order valence-electron chi connectivity index (χ1n) is 9.52. The third kappa shape index (κ3) is 3.70. The van der Waals surface area contributed by atoms with E-state index < -0.39 is 15.6 Å². The molecule has 2 aromatic carbocycles. The lowest BCUT2D eigenvalue weighted by Gasteiger charge is -2.43. The topological polar surface area (TPSA) is 82.1 Å². The molecule has 4 rings (SSSR count). The maximum absolute atomic E-state index is 13.1. The van der Waals surface area contributed by atoms with Crippen LogP contribution in [0.4, 0.5) is 0 Å². The van der Waals surface area contributed by atoms with Crippen LogP contribution in [0, 0.1) is 0 Å². The largest absolute Gasteiger partial charge is 0.493 e. The number of Topliss-reactive ketones (excluding diaryl/α,β-unsaturated/α-hetero) is 1. The minimum absolute atomic E-state index is 0.0220. The van der Waals surface area contributed by atoms with Gasteiger partial charge in [-0.3, -0.25) is 4.79 Å². The SMILES string of the molecule is COc1ccc(S(=O)(=O)N2CCC3(CC2)CC(=O)c2cc(Br)ccc2O3)cc1OC. The molecule has 30 heavy (non-hydrogen) atoms. The Kier molecular flexibility index (Phi) is 5.54. The molecule has 0 aromatic heterocycles. The number of benzene rings is 2. The van der Waals surface area contributed by atoms with E-state index in [4.69, 9.17) is 14.2 Å². The number of rotatable bonds is 4. The first kappa shape index (κ1) is 21.1. The van der Waals surface area contributed by atoms with Gasteiger partial charge in [-0.25, -0.2) is 8.42 Å². The Morgan fingerprint density at radius 1 is 1.03 bits per heavy atom. The summed E-state index contributed by atoms with van der Waals surface area (Å²) in [6, 6.07) is 9.94. The second-order valence-electron chi connectivity index (χ2n) is 7.45. The van der Waals surface area contributed by atoms with Crippen molar-refractivity contribution >= 4 is 31.7 Å². The van der Waals surface area contributed by atoms with Crippen LogP contribution in [0.5, 0.6) is 17.2 Å². The van der Waals surface area contributed by atoms with Gasteiger partial charge in [-0.2, -0.15) is 4.31 Å². The highest BCUT2D eigenvalue weighted by Crippen LogP contribution is 2.41. The van der Waals surface area contributed by atoms with Crippen LogP contribution in [0.3, 0.4) is 0 Å². The molecule has 7 nitrogen and oxygen atoms in total. The number of carbonyl (C=O) groups is 1. The molecule has 0 atom stereocenters. The Labute approximate surface area is 184 Å². The summed E-state index contributed by atoms with van der Waals surface area (Å²) in [6.45, 7) is 0.547. The van der Waals surface area contributed by atoms with Crippen molar-refractivity contribution in [2.24, 2.45) is 0 Å². The molecule has 0 saturated carbocycles. The molecule has 160 valence electrons. The van der Waals surface area contributed by atoms with Crippen molar-refractivity contribution in [2.45, 2.75) is 29.8 Å². The third-order valence-electron chi connectivity index (χ3n) is 5.68. The number of halogens is 1. The second kappa shape index (κ2) is 7.86. The van der Waals surface area contributed by atoms with E-state index in [-0.39, 0.29) is 30.2 Å². The van der Waals surface area contributed by atoms with Crippen molar-refractivity contribution in [1.82, 2.24) is 4.31 Å². The summed E-state index contributed by atoms with van der Waals surface area (Å²) >= 11 is 3.38. The maximum Gasteiger partial charge on any atom is 0.243 e. The van der Waals surface area contributed by atoms with Crippen molar-refractivity contribution in [3.63, 3.8) is 0 Å². The fourth-order valence-corrected chi connectivity index (χ4v) is 5.82. The Balaban J connectivity index is 1.53. The molecule has 2 aliphatic rings. The Bertz CT molecular complexity index is 1090. The zero-order valence-corrected chi connectivity index (χ0v) is 19.1. The van der Waals surface area contributed by atoms with E-state index in [1.165, 1.54) is 30.7 Å². The standard InChI is InChI=1S/C21H22BrNO6S/c1-27-19-6-4-15(12-20(19)28-2)30(25,26)23-9-7-21(8-10-23)13-17(24)16-11-14(22)3-5-18(16)29-21/h3-6,11-12H,7-10,13H2,1-2H3. The Morgan fingerprint density at radius 2 is 1.73 bits per heavy atom. The van der Waals surface area contributed by atoms with E-state index in [2.05, 4.69) is 15.9 Å². The summed E-state index contributed by atoms with van der Waals surface area (Å²) in [5, 5.41) is 0. The van der Waals surface area contributed by atoms with Gasteiger partial charge in [0.05, 0.1) is 31.1 Å². The van der Waals surface area contributed by atoms with Crippen LogP contribution in [0.1, 0.15) is 29.6 Å². The van der Waals surface area contributed by atoms with Crippen molar-refractivity contribution in [1.29, 1.82) is 0 Å². The monoisotopic (exact) mass is 495 g/mol. The first-order chi connectivity index (χ1) is 14.3. The van der Waals surface area contributed by atoms with Gasteiger partial charge >= 0.3 is 0 Å². The second-order valence-corrected chi connectivity index (χ2v) is 10.3. The van der Waals surface area contributed by atoms with Crippen LogP contribution >= 0.6 is 15.9 Å². The van der Waals surface area contributed by atoms with Gasteiger partial charge in [-0.15, -0.1) is 0 Å². The molecule has 9 heteroatoms. The van der Waals surface area contributed by atoms with E-state index in [0.29, 0.717) is 35.7 Å². The number of hydrogen-bond donors (Lipinski definition) is 0. The molecule has 1 fully saturated rings. The Morgan fingerprint density at radius 3 is 2.40 bits per heavy atom.